The number of rotatable bonds is 4. The first kappa shape index (κ1) is 7.61. The fraction of sp³-hybridized carbons (Fsp3) is 0.250. The molecule has 9 heavy (non-hydrogen) atoms. The highest BCUT2D eigenvalue weighted by molar-refractivity contribution is 5.69. The largest absolute Gasteiger partial charge is 0.480 e. The van der Waals surface area contributed by atoms with E-state index in [2.05, 4.69) is 10.4 Å². The lowest BCUT2D eigenvalue weighted by atomic mass is 10.6. The van der Waals surface area contributed by atoms with E-state index >= 15 is 0 Å². The number of nitrogens with one attached hydrogen (secondary N) is 2. The predicted molar refractivity (Wildman–Crippen MR) is 29.9 cm³/mol. The zero-order chi connectivity index (χ0) is 7.11. The average molecular weight is 129 g/mol. The van der Waals surface area contributed by atoms with Crippen LogP contribution in [0.2, 0.25) is 0 Å². The Morgan fingerprint density at radius 3 is 3.00 bits per heavy atom. The summed E-state index contributed by atoms with van der Waals surface area (Å²) in [5.41, 5.74) is 6.24. The molecule has 0 aromatic rings. The van der Waals surface area contributed by atoms with Crippen molar-refractivity contribution in [3.05, 3.63) is 12.4 Å². The Kier molecular flexibility index (Phi) is 4.03. The molecule has 0 aliphatic heterocycles. The van der Waals surface area contributed by atoms with Gasteiger partial charge >= 0.3 is 5.97 Å². The molecule has 0 aliphatic rings. The minimum atomic E-state index is -0.940. The Labute approximate surface area is 51.9 Å². The van der Waals surface area contributed by atoms with Crippen molar-refractivity contribution >= 4 is 5.97 Å². The molecular weight excluding hydrogens is 122 g/mol. The summed E-state index contributed by atoms with van der Waals surface area (Å²) in [6.07, 6.45) is 2.45. The second-order valence-electron chi connectivity index (χ2n) is 1.22. The molecule has 0 saturated heterocycles. The summed E-state index contributed by atoms with van der Waals surface area (Å²) < 4.78 is 0. The van der Waals surface area contributed by atoms with Crippen molar-refractivity contribution in [2.75, 3.05) is 6.54 Å². The van der Waals surface area contributed by atoms with Crippen LogP contribution in [0.4, 0.5) is 0 Å². The molecule has 0 aromatic heterocycles. The molecule has 0 heterocycles. The summed E-state index contributed by atoms with van der Waals surface area (Å²) in [5.74, 6) is -0.940. The highest BCUT2D eigenvalue weighted by atomic mass is 16.4. The van der Waals surface area contributed by atoms with E-state index in [0.717, 1.165) is 6.20 Å². The number of carbonyl (C=O) groups is 1. The first-order chi connectivity index (χ1) is 4.27. The molecule has 0 unspecified atom stereocenters. The van der Waals surface area contributed by atoms with E-state index in [9.17, 15) is 4.79 Å². The van der Waals surface area contributed by atoms with Crippen LogP contribution in [0, 0.1) is 5.53 Å². The van der Waals surface area contributed by atoms with Gasteiger partial charge in [-0.1, -0.05) is 0 Å². The van der Waals surface area contributed by atoms with Gasteiger partial charge in [0.1, 0.15) is 6.54 Å². The van der Waals surface area contributed by atoms with Crippen molar-refractivity contribution in [3.8, 4) is 0 Å². The van der Waals surface area contributed by atoms with Crippen molar-refractivity contribution in [2.24, 2.45) is 5.11 Å². The molecule has 0 bridgehead atoms. The fourth-order valence-electron chi connectivity index (χ4n) is 0.236. The van der Waals surface area contributed by atoms with Gasteiger partial charge in [0.05, 0.1) is 6.20 Å². The first-order valence-electron chi connectivity index (χ1n) is 2.24. The van der Waals surface area contributed by atoms with Gasteiger partial charge in [0.25, 0.3) is 0 Å². The number of nitrogens with zero attached hydrogens (tertiary/aromatic N) is 1. The van der Waals surface area contributed by atoms with E-state index in [1.54, 1.807) is 0 Å². The van der Waals surface area contributed by atoms with Crippen LogP contribution >= 0.6 is 0 Å². The molecule has 3 N–H and O–H groups in total. The Morgan fingerprint density at radius 1 is 1.89 bits per heavy atom. The van der Waals surface area contributed by atoms with E-state index in [4.69, 9.17) is 10.6 Å². The Morgan fingerprint density at radius 2 is 2.56 bits per heavy atom. The first-order valence-corrected chi connectivity index (χ1v) is 2.24. The maximum Gasteiger partial charge on any atom is 0.322 e. The molecule has 0 saturated carbocycles. The smallest absolute Gasteiger partial charge is 0.322 e. The minimum absolute atomic E-state index is 0.147. The lowest BCUT2D eigenvalue weighted by Crippen LogP contribution is -2.16. The van der Waals surface area contributed by atoms with Crippen LogP contribution in [-0.4, -0.2) is 17.6 Å². The highest BCUT2D eigenvalue weighted by Crippen LogP contribution is 1.67. The van der Waals surface area contributed by atoms with Crippen molar-refractivity contribution in [1.29, 1.82) is 5.53 Å². The van der Waals surface area contributed by atoms with Gasteiger partial charge in [-0.15, -0.1) is 0 Å². The van der Waals surface area contributed by atoms with Gasteiger partial charge in [-0.05, 0) is 0 Å². The monoisotopic (exact) mass is 129 g/mol. The quantitative estimate of drug-likeness (QED) is 0.472. The topological polar surface area (TPSA) is 85.5 Å². The molecule has 0 spiro atoms. The van der Waals surface area contributed by atoms with Gasteiger partial charge in [-0.25, -0.2) is 5.53 Å². The van der Waals surface area contributed by atoms with Gasteiger partial charge in [-0.3, -0.25) is 4.79 Å². The van der Waals surface area contributed by atoms with Crippen LogP contribution in [-0.2, 0) is 4.79 Å². The van der Waals surface area contributed by atoms with Gasteiger partial charge in [0, 0.05) is 6.20 Å². The number of hydrogen-bond donors (Lipinski definition) is 3. The van der Waals surface area contributed by atoms with Crippen molar-refractivity contribution in [1.82, 2.24) is 5.32 Å². The third-order valence-corrected chi connectivity index (χ3v) is 0.520. The van der Waals surface area contributed by atoms with E-state index < -0.39 is 5.97 Å². The van der Waals surface area contributed by atoms with Crippen molar-refractivity contribution in [3.63, 3.8) is 0 Å². The molecule has 0 amide bonds. The summed E-state index contributed by atoms with van der Waals surface area (Å²) in [6.45, 7) is -0.147. The Bertz CT molecular complexity index is 132. The minimum Gasteiger partial charge on any atom is -0.480 e. The van der Waals surface area contributed by atoms with E-state index in [-0.39, 0.29) is 6.54 Å². The van der Waals surface area contributed by atoms with E-state index in [0.29, 0.717) is 0 Å². The van der Waals surface area contributed by atoms with Crippen LogP contribution < -0.4 is 5.32 Å². The normalized spacial score (nSPS) is 9.33. The van der Waals surface area contributed by atoms with Crippen molar-refractivity contribution in [2.45, 2.75) is 0 Å². The van der Waals surface area contributed by atoms with Crippen LogP contribution in [0.5, 0.6) is 0 Å². The second-order valence-corrected chi connectivity index (χ2v) is 1.22. The third-order valence-electron chi connectivity index (χ3n) is 0.520. The fourth-order valence-corrected chi connectivity index (χ4v) is 0.236. The molecule has 0 fully saturated rings. The van der Waals surface area contributed by atoms with Gasteiger partial charge in [0.2, 0.25) is 0 Å². The number of carboxylic acid groups (broad SMARTS) is 1. The number of hydrogen-bond acceptors (Lipinski definition) is 4. The number of aliphatic carboxylic acids is 1. The summed E-state index contributed by atoms with van der Waals surface area (Å²) >= 11 is 0. The SMILES string of the molecule is N=N/C=C\NCC(=O)O. The third kappa shape index (κ3) is 6.61. The Balaban J connectivity index is 3.19. The van der Waals surface area contributed by atoms with Crippen LogP contribution in [0.15, 0.2) is 17.5 Å². The predicted octanol–water partition coefficient (Wildman–Crippen LogP) is 0.163. The molecule has 0 aromatic carbocycles. The van der Waals surface area contributed by atoms with Gasteiger partial charge < -0.3 is 10.4 Å². The Hall–Kier alpha value is -1.39. The second kappa shape index (κ2) is 4.76. The lowest BCUT2D eigenvalue weighted by Gasteiger charge is -1.89. The molecule has 5 heteroatoms. The van der Waals surface area contributed by atoms with Crippen LogP contribution in [0.1, 0.15) is 0 Å². The zero-order valence-corrected chi connectivity index (χ0v) is 4.66. The van der Waals surface area contributed by atoms with E-state index in [1.165, 1.54) is 6.20 Å². The standard InChI is InChI=1S/C4H7N3O2/c5-7-2-1-6-3-4(8)9/h1-2,5-6H,3H2,(H,8,9)/b2-1-,7-5?. The van der Waals surface area contributed by atoms with Crippen molar-refractivity contribution < 1.29 is 9.90 Å². The molecule has 5 nitrogen and oxygen atoms in total. The molecule has 0 aliphatic carbocycles. The number of carboxylic acids is 1. The van der Waals surface area contributed by atoms with Crippen LogP contribution in [0.25, 0.3) is 0 Å². The maximum atomic E-state index is 9.79. The zero-order valence-electron chi connectivity index (χ0n) is 4.66. The maximum absolute atomic E-state index is 9.79. The molecular formula is C4H7N3O2. The summed E-state index contributed by atoms with van der Waals surface area (Å²) in [4.78, 5) is 9.79. The lowest BCUT2D eigenvalue weighted by molar-refractivity contribution is -0.135. The molecule has 0 rings (SSSR count). The summed E-state index contributed by atoms with van der Waals surface area (Å²) in [6, 6.07) is 0. The molecule has 50 valence electrons. The average Bonchev–Trinajstić information content (AvgIpc) is 1.80. The molecule has 0 radical (unpaired) electrons. The summed E-state index contributed by atoms with van der Waals surface area (Å²) in [5, 5.41) is 13.3. The van der Waals surface area contributed by atoms with E-state index in [1.807, 2.05) is 0 Å². The molecule has 0 atom stereocenters. The summed E-state index contributed by atoms with van der Waals surface area (Å²) in [7, 11) is 0. The van der Waals surface area contributed by atoms with Gasteiger partial charge in [0.15, 0.2) is 0 Å². The van der Waals surface area contributed by atoms with Crippen LogP contribution in [0.3, 0.4) is 0 Å². The highest BCUT2D eigenvalue weighted by Gasteiger charge is 1.88. The van der Waals surface area contributed by atoms with Gasteiger partial charge in [-0.2, -0.15) is 5.11 Å².